The average molecular weight is 278 g/mol. The second-order valence-electron chi connectivity index (χ2n) is 4.71. The van der Waals surface area contributed by atoms with E-state index in [0.29, 0.717) is 0 Å². The second-order valence-corrected chi connectivity index (χ2v) is 5.12. The fraction of sp³-hybridized carbons (Fsp3) is 0.250. The van der Waals surface area contributed by atoms with Crippen molar-refractivity contribution < 1.29 is 4.39 Å². The molecule has 0 amide bonds. The molecule has 0 fully saturated rings. The van der Waals surface area contributed by atoms with Gasteiger partial charge >= 0.3 is 0 Å². The van der Waals surface area contributed by atoms with Crippen molar-refractivity contribution in [2.45, 2.75) is 19.4 Å². The summed E-state index contributed by atoms with van der Waals surface area (Å²) in [6.45, 7) is 2.07. The highest BCUT2D eigenvalue weighted by Gasteiger charge is 2.11. The van der Waals surface area contributed by atoms with Crippen LogP contribution in [0.1, 0.15) is 22.7 Å². The number of halogens is 2. The minimum absolute atomic E-state index is 0.167. The third-order valence-corrected chi connectivity index (χ3v) is 3.52. The van der Waals surface area contributed by atoms with Crippen LogP contribution < -0.4 is 5.32 Å². The highest BCUT2D eigenvalue weighted by atomic mass is 35.5. The monoisotopic (exact) mass is 277 g/mol. The van der Waals surface area contributed by atoms with E-state index < -0.39 is 0 Å². The normalized spacial score (nSPS) is 12.4. The highest BCUT2D eigenvalue weighted by molar-refractivity contribution is 6.30. The van der Waals surface area contributed by atoms with Crippen LogP contribution in [-0.2, 0) is 6.42 Å². The molecule has 0 saturated heterocycles. The van der Waals surface area contributed by atoms with Crippen LogP contribution in [0.3, 0.4) is 0 Å². The minimum atomic E-state index is -0.363. The lowest BCUT2D eigenvalue weighted by molar-refractivity contribution is 0.584. The molecule has 0 heterocycles. The maximum atomic E-state index is 13.4. The quantitative estimate of drug-likeness (QED) is 0.879. The zero-order chi connectivity index (χ0) is 13.8. The van der Waals surface area contributed by atoms with Crippen LogP contribution in [0.2, 0.25) is 5.02 Å². The van der Waals surface area contributed by atoms with Crippen LogP contribution >= 0.6 is 11.6 Å². The van der Waals surface area contributed by atoms with E-state index in [1.807, 2.05) is 19.2 Å². The van der Waals surface area contributed by atoms with Crippen molar-refractivity contribution >= 4 is 11.6 Å². The Labute approximate surface area is 118 Å². The van der Waals surface area contributed by atoms with E-state index >= 15 is 0 Å². The first-order valence-electron chi connectivity index (χ1n) is 6.28. The SMILES string of the molecule is CNC(Cc1ccc(Cl)c(F)c1)c1cccc(C)c1. The number of hydrogen-bond acceptors (Lipinski definition) is 1. The van der Waals surface area contributed by atoms with Gasteiger partial charge in [-0.1, -0.05) is 47.5 Å². The summed E-state index contributed by atoms with van der Waals surface area (Å²) in [6, 6.07) is 13.5. The zero-order valence-electron chi connectivity index (χ0n) is 11.1. The predicted octanol–water partition coefficient (Wildman–Crippen LogP) is 4.29. The van der Waals surface area contributed by atoms with Crippen molar-refractivity contribution in [2.75, 3.05) is 7.05 Å². The minimum Gasteiger partial charge on any atom is -0.313 e. The van der Waals surface area contributed by atoms with Gasteiger partial charge < -0.3 is 5.32 Å². The first-order chi connectivity index (χ1) is 9.10. The van der Waals surface area contributed by atoms with Crippen LogP contribution in [0.5, 0.6) is 0 Å². The number of hydrogen-bond donors (Lipinski definition) is 1. The number of nitrogens with one attached hydrogen (secondary N) is 1. The predicted molar refractivity (Wildman–Crippen MR) is 78.1 cm³/mol. The molecule has 0 radical (unpaired) electrons. The summed E-state index contributed by atoms with van der Waals surface area (Å²) in [4.78, 5) is 0. The molecule has 2 aromatic carbocycles. The Bertz CT molecular complexity index is 568. The summed E-state index contributed by atoms with van der Waals surface area (Å²) < 4.78 is 13.4. The van der Waals surface area contributed by atoms with Gasteiger partial charge in [0.1, 0.15) is 5.82 Å². The number of benzene rings is 2. The van der Waals surface area contributed by atoms with E-state index in [0.717, 1.165) is 12.0 Å². The lowest BCUT2D eigenvalue weighted by atomic mass is 9.98. The Morgan fingerprint density at radius 3 is 2.63 bits per heavy atom. The molecule has 2 rings (SSSR count). The molecule has 0 aromatic heterocycles. The largest absolute Gasteiger partial charge is 0.313 e. The molecule has 1 nitrogen and oxygen atoms in total. The molecule has 3 heteroatoms. The van der Waals surface area contributed by atoms with Gasteiger partial charge in [-0.2, -0.15) is 0 Å². The average Bonchev–Trinajstić information content (AvgIpc) is 2.40. The summed E-state index contributed by atoms with van der Waals surface area (Å²) in [5, 5.41) is 3.44. The van der Waals surface area contributed by atoms with Gasteiger partial charge in [0.2, 0.25) is 0 Å². The maximum Gasteiger partial charge on any atom is 0.142 e. The fourth-order valence-corrected chi connectivity index (χ4v) is 2.29. The van der Waals surface area contributed by atoms with Crippen LogP contribution in [0.4, 0.5) is 4.39 Å². The van der Waals surface area contributed by atoms with E-state index in [2.05, 4.69) is 30.4 Å². The molecule has 0 aliphatic carbocycles. The molecular formula is C16H17ClFN. The molecule has 19 heavy (non-hydrogen) atoms. The third kappa shape index (κ3) is 3.55. The van der Waals surface area contributed by atoms with Crippen molar-refractivity contribution in [3.63, 3.8) is 0 Å². The lowest BCUT2D eigenvalue weighted by Gasteiger charge is -2.17. The Kier molecular flexibility index (Phi) is 4.56. The Balaban J connectivity index is 2.21. The highest BCUT2D eigenvalue weighted by Crippen LogP contribution is 2.22. The summed E-state index contributed by atoms with van der Waals surface area (Å²) >= 11 is 5.70. The molecule has 100 valence electrons. The Hall–Kier alpha value is -1.38. The molecule has 0 spiro atoms. The third-order valence-electron chi connectivity index (χ3n) is 3.22. The second kappa shape index (κ2) is 6.18. The van der Waals surface area contributed by atoms with Crippen LogP contribution in [0.25, 0.3) is 0 Å². The fourth-order valence-electron chi connectivity index (χ4n) is 2.18. The van der Waals surface area contributed by atoms with Gasteiger partial charge in [0.15, 0.2) is 0 Å². The van der Waals surface area contributed by atoms with Crippen molar-refractivity contribution in [1.29, 1.82) is 0 Å². The molecular weight excluding hydrogens is 261 g/mol. The van der Waals surface area contributed by atoms with Crippen molar-refractivity contribution in [2.24, 2.45) is 0 Å². The zero-order valence-corrected chi connectivity index (χ0v) is 11.8. The van der Waals surface area contributed by atoms with Crippen molar-refractivity contribution in [3.05, 3.63) is 70.0 Å². The molecule has 0 aliphatic rings. The molecule has 1 N–H and O–H groups in total. The van der Waals surface area contributed by atoms with Crippen LogP contribution in [0, 0.1) is 12.7 Å². The van der Waals surface area contributed by atoms with Gasteiger partial charge in [-0.05, 0) is 43.7 Å². The smallest absolute Gasteiger partial charge is 0.142 e. The molecule has 1 atom stereocenters. The van der Waals surface area contributed by atoms with Crippen LogP contribution in [0.15, 0.2) is 42.5 Å². The van der Waals surface area contributed by atoms with E-state index in [1.165, 1.54) is 17.2 Å². The standard InChI is InChI=1S/C16H17ClFN/c1-11-4-3-5-13(8-11)16(19-2)10-12-6-7-14(17)15(18)9-12/h3-9,16,19H,10H2,1-2H3. The first-order valence-corrected chi connectivity index (χ1v) is 6.65. The number of aryl methyl sites for hydroxylation is 1. The van der Waals surface area contributed by atoms with Gasteiger partial charge in [0.05, 0.1) is 5.02 Å². The molecule has 2 aromatic rings. The van der Waals surface area contributed by atoms with Gasteiger partial charge in [0, 0.05) is 6.04 Å². The van der Waals surface area contributed by atoms with E-state index in [-0.39, 0.29) is 16.9 Å². The summed E-state index contributed by atoms with van der Waals surface area (Å²) in [7, 11) is 1.92. The topological polar surface area (TPSA) is 12.0 Å². The summed E-state index contributed by atoms with van der Waals surface area (Å²) in [6.07, 6.45) is 0.730. The van der Waals surface area contributed by atoms with E-state index in [4.69, 9.17) is 11.6 Å². The first kappa shape index (κ1) is 14.0. The molecule has 1 unspecified atom stereocenters. The summed E-state index contributed by atoms with van der Waals surface area (Å²) in [5.74, 6) is -0.363. The number of likely N-dealkylation sites (N-methyl/N-ethyl adjacent to an activating group) is 1. The Morgan fingerprint density at radius 2 is 2.00 bits per heavy atom. The van der Waals surface area contributed by atoms with Crippen molar-refractivity contribution in [1.82, 2.24) is 5.32 Å². The van der Waals surface area contributed by atoms with E-state index in [1.54, 1.807) is 6.07 Å². The summed E-state index contributed by atoms with van der Waals surface area (Å²) in [5.41, 5.74) is 3.36. The van der Waals surface area contributed by atoms with Gasteiger partial charge in [-0.15, -0.1) is 0 Å². The van der Waals surface area contributed by atoms with Gasteiger partial charge in [-0.3, -0.25) is 0 Å². The maximum absolute atomic E-state index is 13.4. The van der Waals surface area contributed by atoms with E-state index in [9.17, 15) is 4.39 Å². The van der Waals surface area contributed by atoms with Crippen LogP contribution in [-0.4, -0.2) is 7.05 Å². The Morgan fingerprint density at radius 1 is 1.21 bits per heavy atom. The molecule has 0 bridgehead atoms. The number of rotatable bonds is 4. The lowest BCUT2D eigenvalue weighted by Crippen LogP contribution is -2.19. The molecule has 0 aliphatic heterocycles. The van der Waals surface area contributed by atoms with Gasteiger partial charge in [0.25, 0.3) is 0 Å². The van der Waals surface area contributed by atoms with Gasteiger partial charge in [-0.25, -0.2) is 4.39 Å². The molecule has 0 saturated carbocycles. The van der Waals surface area contributed by atoms with Crippen molar-refractivity contribution in [3.8, 4) is 0 Å².